The van der Waals surface area contributed by atoms with Crippen molar-refractivity contribution < 1.29 is 24.2 Å². The number of ether oxygens (including phenoxy) is 2. The quantitative estimate of drug-likeness (QED) is 0.918. The van der Waals surface area contributed by atoms with Crippen molar-refractivity contribution in [1.82, 2.24) is 4.90 Å². The number of hydrogen-bond acceptors (Lipinski definition) is 5. The fraction of sp³-hybridized carbons (Fsp3) is 0.412. The number of aliphatic carboxylic acids is 1. The molecule has 1 amide bonds. The highest BCUT2D eigenvalue weighted by Gasteiger charge is 2.28. The van der Waals surface area contributed by atoms with Crippen LogP contribution < -0.4 is 4.74 Å². The van der Waals surface area contributed by atoms with Crippen LogP contribution in [0.25, 0.3) is 10.1 Å². The summed E-state index contributed by atoms with van der Waals surface area (Å²) in [6.45, 7) is 3.08. The molecule has 0 aliphatic carbocycles. The molecule has 3 rings (SSSR count). The summed E-state index contributed by atoms with van der Waals surface area (Å²) in [5.74, 6) is -0.221. The maximum atomic E-state index is 12.9. The second-order valence-electron chi connectivity index (χ2n) is 5.76. The highest BCUT2D eigenvalue weighted by Crippen LogP contribution is 2.34. The van der Waals surface area contributed by atoms with E-state index in [0.29, 0.717) is 24.6 Å². The lowest BCUT2D eigenvalue weighted by molar-refractivity contribution is -0.141. The largest absolute Gasteiger partial charge is 0.497 e. The van der Waals surface area contributed by atoms with Gasteiger partial charge in [0, 0.05) is 17.8 Å². The maximum absolute atomic E-state index is 12.9. The van der Waals surface area contributed by atoms with Gasteiger partial charge in [-0.25, -0.2) is 0 Å². The molecule has 0 bridgehead atoms. The average Bonchev–Trinajstić information content (AvgIpc) is 2.90. The lowest BCUT2D eigenvalue weighted by atomic mass is 10.1. The molecule has 1 aliphatic rings. The number of benzene rings is 1. The standard InChI is InChI=1S/C17H19NO5S/c1-10-13-7-11(22-2)3-4-14(13)24-16(10)17(21)18-5-6-23-12(9-18)8-15(19)20/h3-4,7,12H,5-6,8-9H2,1-2H3,(H,19,20)/t12-/m1/s1. The van der Waals surface area contributed by atoms with Gasteiger partial charge >= 0.3 is 5.97 Å². The molecule has 128 valence electrons. The third-order valence-electron chi connectivity index (χ3n) is 4.17. The molecule has 0 radical (unpaired) electrons. The number of carbonyl (C=O) groups is 2. The van der Waals surface area contributed by atoms with Gasteiger partial charge in [0.1, 0.15) is 5.75 Å². The molecule has 1 atom stereocenters. The molecule has 7 heteroatoms. The Morgan fingerprint density at radius 1 is 1.46 bits per heavy atom. The van der Waals surface area contributed by atoms with Gasteiger partial charge in [-0.2, -0.15) is 0 Å². The summed E-state index contributed by atoms with van der Waals surface area (Å²) in [5, 5.41) is 9.92. The van der Waals surface area contributed by atoms with Crippen LogP contribution in [0.4, 0.5) is 0 Å². The monoisotopic (exact) mass is 349 g/mol. The van der Waals surface area contributed by atoms with E-state index >= 15 is 0 Å². The minimum absolute atomic E-state index is 0.0636. The highest BCUT2D eigenvalue weighted by molar-refractivity contribution is 7.21. The molecular formula is C17H19NO5S. The summed E-state index contributed by atoms with van der Waals surface area (Å²) in [6.07, 6.45) is -0.540. The number of nitrogens with zero attached hydrogens (tertiary/aromatic N) is 1. The molecule has 1 aromatic heterocycles. The van der Waals surface area contributed by atoms with Crippen LogP contribution in [0.3, 0.4) is 0 Å². The molecule has 6 nitrogen and oxygen atoms in total. The number of carboxylic acid groups (broad SMARTS) is 1. The number of carboxylic acids is 1. The van der Waals surface area contributed by atoms with E-state index in [1.54, 1.807) is 12.0 Å². The van der Waals surface area contributed by atoms with E-state index in [1.165, 1.54) is 11.3 Å². The van der Waals surface area contributed by atoms with Gasteiger partial charge in [-0.1, -0.05) is 0 Å². The third kappa shape index (κ3) is 3.22. The van der Waals surface area contributed by atoms with Crippen molar-refractivity contribution in [3.05, 3.63) is 28.6 Å². The molecular weight excluding hydrogens is 330 g/mol. The van der Waals surface area contributed by atoms with Gasteiger partial charge < -0.3 is 19.5 Å². The SMILES string of the molecule is COc1ccc2sc(C(=O)N3CCO[C@H](CC(=O)O)C3)c(C)c2c1. The van der Waals surface area contributed by atoms with E-state index < -0.39 is 12.1 Å². The molecule has 1 saturated heterocycles. The van der Waals surface area contributed by atoms with Crippen LogP contribution in [0.5, 0.6) is 5.75 Å². The smallest absolute Gasteiger partial charge is 0.306 e. The second-order valence-corrected chi connectivity index (χ2v) is 6.81. The number of rotatable bonds is 4. The van der Waals surface area contributed by atoms with Crippen LogP contribution in [0.15, 0.2) is 18.2 Å². The molecule has 0 unspecified atom stereocenters. The Hall–Kier alpha value is -2.12. The Bertz CT molecular complexity index is 785. The van der Waals surface area contributed by atoms with E-state index in [1.807, 2.05) is 25.1 Å². The number of thiophene rings is 1. The Kier molecular flexibility index (Phi) is 4.73. The topological polar surface area (TPSA) is 76.1 Å². The third-order valence-corrected chi connectivity index (χ3v) is 5.43. The van der Waals surface area contributed by atoms with Gasteiger partial charge in [-0.05, 0) is 36.1 Å². The van der Waals surface area contributed by atoms with Crippen LogP contribution in [0, 0.1) is 6.92 Å². The Morgan fingerprint density at radius 2 is 2.25 bits per heavy atom. The normalized spacial score (nSPS) is 17.9. The zero-order chi connectivity index (χ0) is 17.3. The van der Waals surface area contributed by atoms with Gasteiger partial charge in [0.25, 0.3) is 5.91 Å². The average molecular weight is 349 g/mol. The molecule has 0 spiro atoms. The van der Waals surface area contributed by atoms with Gasteiger partial charge in [0.05, 0.1) is 31.1 Å². The summed E-state index contributed by atoms with van der Waals surface area (Å²) in [6, 6.07) is 5.77. The van der Waals surface area contributed by atoms with E-state index in [2.05, 4.69) is 0 Å². The number of carbonyl (C=O) groups excluding carboxylic acids is 1. The molecule has 0 saturated carbocycles. The number of methoxy groups -OCH3 is 1. The number of aryl methyl sites for hydroxylation is 1. The first-order chi connectivity index (χ1) is 11.5. The zero-order valence-corrected chi connectivity index (χ0v) is 14.4. The van der Waals surface area contributed by atoms with Gasteiger partial charge in [0.15, 0.2) is 0 Å². The number of morpholine rings is 1. The second kappa shape index (κ2) is 6.78. The van der Waals surface area contributed by atoms with Crippen molar-refractivity contribution in [2.24, 2.45) is 0 Å². The van der Waals surface area contributed by atoms with Crippen LogP contribution >= 0.6 is 11.3 Å². The Morgan fingerprint density at radius 3 is 2.96 bits per heavy atom. The fourth-order valence-corrected chi connectivity index (χ4v) is 4.05. The van der Waals surface area contributed by atoms with E-state index in [-0.39, 0.29) is 12.3 Å². The maximum Gasteiger partial charge on any atom is 0.306 e. The molecule has 1 aliphatic heterocycles. The van der Waals surface area contributed by atoms with Crippen LogP contribution in [-0.2, 0) is 9.53 Å². The van der Waals surface area contributed by atoms with Gasteiger partial charge in [-0.15, -0.1) is 11.3 Å². The predicted molar refractivity (Wildman–Crippen MR) is 91.0 cm³/mol. The fourth-order valence-electron chi connectivity index (χ4n) is 2.90. The Balaban J connectivity index is 1.85. The summed E-state index contributed by atoms with van der Waals surface area (Å²) >= 11 is 1.46. The van der Waals surface area contributed by atoms with E-state index in [9.17, 15) is 9.59 Å². The van der Waals surface area contributed by atoms with Gasteiger partial charge in [-0.3, -0.25) is 9.59 Å². The van der Waals surface area contributed by atoms with Crippen molar-refractivity contribution in [2.75, 3.05) is 26.8 Å². The van der Waals surface area contributed by atoms with Crippen molar-refractivity contribution >= 4 is 33.3 Å². The zero-order valence-electron chi connectivity index (χ0n) is 13.6. The molecule has 2 aromatic rings. The minimum Gasteiger partial charge on any atom is -0.497 e. The number of hydrogen-bond donors (Lipinski definition) is 1. The van der Waals surface area contributed by atoms with Crippen LogP contribution in [0.1, 0.15) is 21.7 Å². The lowest BCUT2D eigenvalue weighted by Crippen LogP contribution is -2.46. The van der Waals surface area contributed by atoms with E-state index in [0.717, 1.165) is 21.4 Å². The first-order valence-electron chi connectivity index (χ1n) is 7.69. The summed E-state index contributed by atoms with van der Waals surface area (Å²) < 4.78 is 11.7. The lowest BCUT2D eigenvalue weighted by Gasteiger charge is -2.32. The van der Waals surface area contributed by atoms with Crippen molar-refractivity contribution in [2.45, 2.75) is 19.4 Å². The first kappa shape index (κ1) is 16.7. The molecule has 2 heterocycles. The van der Waals surface area contributed by atoms with E-state index in [4.69, 9.17) is 14.6 Å². The van der Waals surface area contributed by atoms with Crippen LogP contribution in [-0.4, -0.2) is 54.8 Å². The molecule has 24 heavy (non-hydrogen) atoms. The number of amides is 1. The molecule has 1 N–H and O–H groups in total. The van der Waals surface area contributed by atoms with Crippen molar-refractivity contribution in [1.29, 1.82) is 0 Å². The number of fused-ring (bicyclic) bond motifs is 1. The minimum atomic E-state index is -0.917. The first-order valence-corrected chi connectivity index (χ1v) is 8.51. The highest BCUT2D eigenvalue weighted by atomic mass is 32.1. The van der Waals surface area contributed by atoms with Crippen molar-refractivity contribution in [3.63, 3.8) is 0 Å². The summed E-state index contributed by atoms with van der Waals surface area (Å²) in [7, 11) is 1.62. The summed E-state index contributed by atoms with van der Waals surface area (Å²) in [4.78, 5) is 26.1. The van der Waals surface area contributed by atoms with Crippen LogP contribution in [0.2, 0.25) is 0 Å². The molecule has 1 aromatic carbocycles. The summed E-state index contributed by atoms with van der Waals surface area (Å²) in [5.41, 5.74) is 0.931. The molecule has 1 fully saturated rings. The van der Waals surface area contributed by atoms with Crippen molar-refractivity contribution in [3.8, 4) is 5.75 Å². The predicted octanol–water partition coefficient (Wildman–Crippen LogP) is 2.53. The Labute approximate surface area is 143 Å². The van der Waals surface area contributed by atoms with Gasteiger partial charge in [0.2, 0.25) is 0 Å².